The summed E-state index contributed by atoms with van der Waals surface area (Å²) in [4.78, 5) is 7.04. The molecule has 0 saturated carbocycles. The third kappa shape index (κ3) is 4.21. The Morgan fingerprint density at radius 1 is 1.21 bits per heavy atom. The molecule has 0 radical (unpaired) electrons. The highest BCUT2D eigenvalue weighted by Crippen LogP contribution is 2.26. The van der Waals surface area contributed by atoms with Gasteiger partial charge in [-0.3, -0.25) is 0 Å². The van der Waals surface area contributed by atoms with E-state index in [0.29, 0.717) is 23.1 Å². The van der Waals surface area contributed by atoms with Crippen LogP contribution in [-0.2, 0) is 9.84 Å². The Hall–Kier alpha value is -1.73. The van der Waals surface area contributed by atoms with Crippen molar-refractivity contribution in [3.05, 3.63) is 42.0 Å². The summed E-state index contributed by atoms with van der Waals surface area (Å²) in [5.41, 5.74) is 0. The molecular weight excluding hydrogens is 326 g/mol. The molecule has 0 amide bonds. The van der Waals surface area contributed by atoms with E-state index in [-0.39, 0.29) is 5.75 Å². The number of aryl methyl sites for hydroxylation is 1. The Kier molecular flexibility index (Phi) is 5.30. The fourth-order valence-electron chi connectivity index (χ4n) is 3.11. The Balaban J connectivity index is 1.44. The van der Waals surface area contributed by atoms with Crippen LogP contribution in [0.2, 0.25) is 0 Å². The van der Waals surface area contributed by atoms with Crippen LogP contribution in [0.4, 0.5) is 0 Å². The number of likely N-dealkylation sites (tertiary alicyclic amines) is 1. The number of aromatic nitrogens is 2. The summed E-state index contributed by atoms with van der Waals surface area (Å²) in [5.74, 6) is 1.94. The van der Waals surface area contributed by atoms with Gasteiger partial charge in [0.25, 0.3) is 0 Å². The number of piperidine rings is 1. The maximum absolute atomic E-state index is 12.3. The number of nitrogens with zero attached hydrogens (tertiary/aromatic N) is 3. The summed E-state index contributed by atoms with van der Waals surface area (Å²) in [7, 11) is -3.17. The first-order valence-corrected chi connectivity index (χ1v) is 10.0. The molecule has 2 heterocycles. The van der Waals surface area contributed by atoms with Crippen LogP contribution in [-0.4, -0.2) is 48.8 Å². The molecule has 0 spiro atoms. The third-order valence-electron chi connectivity index (χ3n) is 4.47. The second kappa shape index (κ2) is 7.44. The monoisotopic (exact) mass is 349 g/mol. The van der Waals surface area contributed by atoms with Gasteiger partial charge >= 0.3 is 0 Å². The van der Waals surface area contributed by atoms with Crippen molar-refractivity contribution in [2.24, 2.45) is 0 Å². The minimum absolute atomic E-state index is 0.194. The van der Waals surface area contributed by atoms with Crippen molar-refractivity contribution >= 4 is 9.84 Å². The highest BCUT2D eigenvalue weighted by Gasteiger charge is 2.25. The lowest BCUT2D eigenvalue weighted by atomic mass is 9.97. The van der Waals surface area contributed by atoms with E-state index in [0.717, 1.165) is 38.4 Å². The van der Waals surface area contributed by atoms with Gasteiger partial charge in [0.05, 0.1) is 10.6 Å². The van der Waals surface area contributed by atoms with E-state index in [1.807, 2.05) is 13.0 Å². The van der Waals surface area contributed by atoms with Crippen molar-refractivity contribution in [3.8, 4) is 0 Å². The first kappa shape index (κ1) is 17.1. The molecule has 1 aromatic carbocycles. The lowest BCUT2D eigenvalue weighted by Gasteiger charge is -2.30. The predicted molar refractivity (Wildman–Crippen MR) is 90.6 cm³/mol. The summed E-state index contributed by atoms with van der Waals surface area (Å²) >= 11 is 0. The number of benzene rings is 1. The molecule has 3 rings (SSSR count). The summed E-state index contributed by atoms with van der Waals surface area (Å²) in [6.45, 7) is 4.52. The second-order valence-corrected chi connectivity index (χ2v) is 8.39. The minimum Gasteiger partial charge on any atom is -0.339 e. The van der Waals surface area contributed by atoms with Crippen LogP contribution in [0.15, 0.2) is 39.8 Å². The van der Waals surface area contributed by atoms with E-state index in [4.69, 9.17) is 4.52 Å². The van der Waals surface area contributed by atoms with Gasteiger partial charge < -0.3 is 9.42 Å². The van der Waals surface area contributed by atoms with Gasteiger partial charge in [-0.15, -0.1) is 0 Å². The normalized spacial score (nSPS) is 17.2. The average Bonchev–Trinajstić information content (AvgIpc) is 3.03. The highest BCUT2D eigenvalue weighted by molar-refractivity contribution is 7.91. The van der Waals surface area contributed by atoms with Gasteiger partial charge in [0, 0.05) is 5.92 Å². The standard InChI is InChI=1S/C17H23N3O3S/c1-14-18-17(23-19-14)15-8-11-20(12-9-15)10-5-13-24(21,22)16-6-3-2-4-7-16/h2-4,6-7,15H,5,8-13H2,1H3. The molecule has 0 atom stereocenters. The van der Waals surface area contributed by atoms with Crippen LogP contribution < -0.4 is 0 Å². The van der Waals surface area contributed by atoms with Crippen molar-refractivity contribution in [2.45, 2.75) is 37.0 Å². The number of hydrogen-bond donors (Lipinski definition) is 0. The second-order valence-electron chi connectivity index (χ2n) is 6.28. The van der Waals surface area contributed by atoms with Crippen LogP contribution in [0, 0.1) is 6.92 Å². The van der Waals surface area contributed by atoms with Crippen molar-refractivity contribution < 1.29 is 12.9 Å². The molecular formula is C17H23N3O3S. The van der Waals surface area contributed by atoms with Gasteiger partial charge in [0.2, 0.25) is 5.89 Å². The summed E-state index contributed by atoms with van der Waals surface area (Å²) in [6.07, 6.45) is 2.61. The van der Waals surface area contributed by atoms with E-state index < -0.39 is 9.84 Å². The predicted octanol–water partition coefficient (Wildman–Crippen LogP) is 2.42. The molecule has 0 unspecified atom stereocenters. The molecule has 0 aliphatic carbocycles. The zero-order valence-electron chi connectivity index (χ0n) is 13.9. The highest BCUT2D eigenvalue weighted by atomic mass is 32.2. The first-order chi connectivity index (χ1) is 11.5. The largest absolute Gasteiger partial charge is 0.339 e. The van der Waals surface area contributed by atoms with Crippen LogP contribution in [0.5, 0.6) is 0 Å². The average molecular weight is 349 g/mol. The summed E-state index contributed by atoms with van der Waals surface area (Å²) < 4.78 is 29.8. The van der Waals surface area contributed by atoms with E-state index in [9.17, 15) is 8.42 Å². The SMILES string of the molecule is Cc1noc(C2CCN(CCCS(=O)(=O)c3ccccc3)CC2)n1. The molecule has 7 heteroatoms. The third-order valence-corrected chi connectivity index (χ3v) is 6.29. The lowest BCUT2D eigenvalue weighted by Crippen LogP contribution is -2.34. The quantitative estimate of drug-likeness (QED) is 0.797. The molecule has 2 aromatic rings. The van der Waals surface area contributed by atoms with E-state index in [2.05, 4.69) is 15.0 Å². The molecule has 0 N–H and O–H groups in total. The Morgan fingerprint density at radius 2 is 1.92 bits per heavy atom. The van der Waals surface area contributed by atoms with Gasteiger partial charge in [0.15, 0.2) is 15.7 Å². The van der Waals surface area contributed by atoms with Crippen molar-refractivity contribution in [1.29, 1.82) is 0 Å². The molecule has 1 aliphatic heterocycles. The van der Waals surface area contributed by atoms with Gasteiger partial charge in [0.1, 0.15) is 0 Å². The lowest BCUT2D eigenvalue weighted by molar-refractivity contribution is 0.195. The molecule has 24 heavy (non-hydrogen) atoms. The fourth-order valence-corrected chi connectivity index (χ4v) is 4.42. The topological polar surface area (TPSA) is 76.3 Å². The number of sulfone groups is 1. The minimum atomic E-state index is -3.17. The first-order valence-electron chi connectivity index (χ1n) is 8.35. The van der Waals surface area contributed by atoms with Crippen LogP contribution >= 0.6 is 0 Å². The molecule has 1 aliphatic rings. The van der Waals surface area contributed by atoms with E-state index in [1.165, 1.54) is 0 Å². The number of hydrogen-bond acceptors (Lipinski definition) is 6. The number of rotatable bonds is 6. The Bertz CT molecular complexity index is 750. The zero-order chi connectivity index (χ0) is 17.0. The van der Waals surface area contributed by atoms with Gasteiger partial charge in [-0.2, -0.15) is 4.98 Å². The molecule has 1 fully saturated rings. The van der Waals surface area contributed by atoms with E-state index >= 15 is 0 Å². The molecule has 130 valence electrons. The van der Waals surface area contributed by atoms with Gasteiger partial charge in [-0.05, 0) is 58.0 Å². The van der Waals surface area contributed by atoms with Crippen LogP contribution in [0.25, 0.3) is 0 Å². The molecule has 1 aromatic heterocycles. The molecule has 6 nitrogen and oxygen atoms in total. The Labute approximate surface area is 142 Å². The van der Waals surface area contributed by atoms with E-state index in [1.54, 1.807) is 24.3 Å². The maximum atomic E-state index is 12.3. The zero-order valence-corrected chi connectivity index (χ0v) is 14.7. The summed E-state index contributed by atoms with van der Waals surface area (Å²) in [6, 6.07) is 8.67. The van der Waals surface area contributed by atoms with Crippen molar-refractivity contribution in [1.82, 2.24) is 15.0 Å². The smallest absolute Gasteiger partial charge is 0.229 e. The Morgan fingerprint density at radius 3 is 2.54 bits per heavy atom. The fraction of sp³-hybridized carbons (Fsp3) is 0.529. The van der Waals surface area contributed by atoms with Crippen LogP contribution in [0.3, 0.4) is 0 Å². The van der Waals surface area contributed by atoms with Crippen molar-refractivity contribution in [3.63, 3.8) is 0 Å². The van der Waals surface area contributed by atoms with Gasteiger partial charge in [-0.1, -0.05) is 23.4 Å². The maximum Gasteiger partial charge on any atom is 0.229 e. The van der Waals surface area contributed by atoms with Crippen LogP contribution in [0.1, 0.15) is 36.9 Å². The molecule has 0 bridgehead atoms. The molecule has 1 saturated heterocycles. The summed E-state index contributed by atoms with van der Waals surface area (Å²) in [5, 5.41) is 3.85. The van der Waals surface area contributed by atoms with Gasteiger partial charge in [-0.25, -0.2) is 8.42 Å². The van der Waals surface area contributed by atoms with Crippen molar-refractivity contribution in [2.75, 3.05) is 25.4 Å².